The van der Waals surface area contributed by atoms with Gasteiger partial charge in [-0.25, -0.2) is 0 Å². The maximum absolute atomic E-state index is 6.17. The van der Waals surface area contributed by atoms with Crippen molar-refractivity contribution in [3.05, 3.63) is 157 Å². The Morgan fingerprint density at radius 3 is 1.62 bits per heavy atom. The lowest BCUT2D eigenvalue weighted by Gasteiger charge is -2.34. The van der Waals surface area contributed by atoms with Crippen molar-refractivity contribution in [3.63, 3.8) is 0 Å². The second-order valence-electron chi connectivity index (χ2n) is 9.90. The second-order valence-corrected chi connectivity index (χ2v) is 9.90. The van der Waals surface area contributed by atoms with Crippen LogP contribution in [0.1, 0.15) is 5.56 Å². The lowest BCUT2D eigenvalue weighted by molar-refractivity contribution is 0.669. The van der Waals surface area contributed by atoms with Gasteiger partial charge in [0.1, 0.15) is 11.2 Å². The van der Waals surface area contributed by atoms with E-state index >= 15 is 0 Å². The molecule has 0 fully saturated rings. The molecule has 0 radical (unpaired) electrons. The van der Waals surface area contributed by atoms with Crippen molar-refractivity contribution < 1.29 is 4.42 Å². The minimum atomic E-state index is 0.887. The van der Waals surface area contributed by atoms with Crippen molar-refractivity contribution in [1.82, 2.24) is 0 Å². The van der Waals surface area contributed by atoms with Gasteiger partial charge >= 0.3 is 0 Å². The predicted octanol–water partition coefficient (Wildman–Crippen LogP) is 10.8. The molecule has 7 aromatic rings. The largest absolute Gasteiger partial charge is 0.456 e. The lowest BCUT2D eigenvalue weighted by atomic mass is 10.1. The van der Waals surface area contributed by atoms with Gasteiger partial charge in [-0.15, -0.1) is 0 Å². The molecule has 40 heavy (non-hydrogen) atoms. The number of anilines is 6. The summed E-state index contributed by atoms with van der Waals surface area (Å²) < 4.78 is 6.17. The number of para-hydroxylation sites is 5. The van der Waals surface area contributed by atoms with Gasteiger partial charge in [0.15, 0.2) is 0 Å². The Morgan fingerprint density at radius 2 is 0.975 bits per heavy atom. The normalized spacial score (nSPS) is 11.1. The molecule has 0 aliphatic heterocycles. The molecule has 0 saturated heterocycles. The van der Waals surface area contributed by atoms with Crippen LogP contribution >= 0.6 is 0 Å². The van der Waals surface area contributed by atoms with Gasteiger partial charge in [-0.3, -0.25) is 0 Å². The second kappa shape index (κ2) is 10.1. The first kappa shape index (κ1) is 23.8. The van der Waals surface area contributed by atoms with Gasteiger partial charge < -0.3 is 14.2 Å². The van der Waals surface area contributed by atoms with E-state index in [1.807, 2.05) is 12.1 Å². The Balaban J connectivity index is 1.50. The topological polar surface area (TPSA) is 19.6 Å². The quantitative estimate of drug-likeness (QED) is 0.219. The molecule has 0 amide bonds. The monoisotopic (exact) mass is 516 g/mol. The summed E-state index contributed by atoms with van der Waals surface area (Å²) in [5.74, 6) is 0. The lowest BCUT2D eigenvalue weighted by Crippen LogP contribution is -2.18. The molecule has 3 nitrogen and oxygen atoms in total. The van der Waals surface area contributed by atoms with Crippen molar-refractivity contribution in [2.45, 2.75) is 6.92 Å². The first-order valence-corrected chi connectivity index (χ1v) is 13.5. The van der Waals surface area contributed by atoms with Crippen molar-refractivity contribution >= 4 is 56.1 Å². The van der Waals surface area contributed by atoms with E-state index in [0.29, 0.717) is 0 Å². The number of furan rings is 1. The zero-order chi connectivity index (χ0) is 26.9. The van der Waals surface area contributed by atoms with E-state index in [-0.39, 0.29) is 0 Å². The number of rotatable bonds is 6. The molecule has 1 heterocycles. The molecular formula is C37H28N2O. The van der Waals surface area contributed by atoms with Crippen LogP contribution in [-0.2, 0) is 0 Å². The van der Waals surface area contributed by atoms with E-state index in [0.717, 1.165) is 56.1 Å². The Bertz CT molecular complexity index is 1870. The fourth-order valence-electron chi connectivity index (χ4n) is 5.53. The zero-order valence-electron chi connectivity index (χ0n) is 22.2. The highest BCUT2D eigenvalue weighted by Gasteiger charge is 2.24. The summed E-state index contributed by atoms with van der Waals surface area (Å²) in [6.45, 7) is 2.19. The highest BCUT2D eigenvalue weighted by atomic mass is 16.3. The van der Waals surface area contributed by atoms with E-state index in [1.165, 1.54) is 5.56 Å². The molecule has 7 rings (SSSR count). The van der Waals surface area contributed by atoms with Gasteiger partial charge in [0.25, 0.3) is 0 Å². The third-order valence-corrected chi connectivity index (χ3v) is 7.34. The third kappa shape index (κ3) is 4.18. The minimum absolute atomic E-state index is 0.887. The van der Waals surface area contributed by atoms with E-state index in [2.05, 4.69) is 156 Å². The summed E-state index contributed by atoms with van der Waals surface area (Å²) in [5, 5.41) is 2.22. The molecule has 0 aliphatic carbocycles. The molecule has 3 heteroatoms. The number of benzene rings is 6. The molecule has 0 bridgehead atoms. The Morgan fingerprint density at radius 1 is 0.425 bits per heavy atom. The van der Waals surface area contributed by atoms with Crippen LogP contribution in [0, 0.1) is 6.92 Å². The van der Waals surface area contributed by atoms with Crippen LogP contribution in [0.25, 0.3) is 21.9 Å². The van der Waals surface area contributed by atoms with Crippen LogP contribution in [0.3, 0.4) is 0 Å². The summed E-state index contributed by atoms with van der Waals surface area (Å²) in [5.41, 5.74) is 9.55. The minimum Gasteiger partial charge on any atom is -0.456 e. The van der Waals surface area contributed by atoms with E-state index in [4.69, 9.17) is 4.42 Å². The van der Waals surface area contributed by atoms with Gasteiger partial charge in [-0.2, -0.15) is 0 Å². The van der Waals surface area contributed by atoms with Crippen LogP contribution < -0.4 is 9.80 Å². The van der Waals surface area contributed by atoms with E-state index in [1.54, 1.807) is 0 Å². The Kier molecular flexibility index (Phi) is 6.02. The number of hydrogen-bond acceptors (Lipinski definition) is 3. The molecule has 192 valence electrons. The average Bonchev–Trinajstić information content (AvgIpc) is 3.39. The maximum atomic E-state index is 6.17. The highest BCUT2D eigenvalue weighted by molar-refractivity contribution is 6.07. The molecule has 1 aromatic heterocycles. The summed E-state index contributed by atoms with van der Waals surface area (Å²) in [4.78, 5) is 4.70. The van der Waals surface area contributed by atoms with E-state index in [9.17, 15) is 0 Å². The molecule has 0 saturated carbocycles. The first-order chi connectivity index (χ1) is 19.8. The molecule has 6 aromatic carbocycles. The van der Waals surface area contributed by atoms with Crippen molar-refractivity contribution in [3.8, 4) is 0 Å². The first-order valence-electron chi connectivity index (χ1n) is 13.5. The summed E-state index contributed by atoms with van der Waals surface area (Å²) >= 11 is 0. The third-order valence-electron chi connectivity index (χ3n) is 7.34. The van der Waals surface area contributed by atoms with Crippen molar-refractivity contribution in [2.75, 3.05) is 9.80 Å². The highest BCUT2D eigenvalue weighted by Crippen LogP contribution is 2.47. The standard InChI is InChI=1S/C37H28N2O/c1-27-14-13-22-34(37(27)39(29-17-7-3-8-18-29)30-19-9-4-10-20-30)38(28-15-5-2-6-16-28)31-24-25-36-33(26-31)32-21-11-12-23-35(32)40-36/h2-26H,1H3. The number of hydrogen-bond donors (Lipinski definition) is 0. The molecule has 0 aliphatic rings. The summed E-state index contributed by atoms with van der Waals surface area (Å²) in [6, 6.07) is 53.0. The predicted molar refractivity (Wildman–Crippen MR) is 168 cm³/mol. The Labute approximate surface area is 234 Å². The van der Waals surface area contributed by atoms with Gasteiger partial charge in [-0.1, -0.05) is 84.9 Å². The number of nitrogens with zero attached hydrogens (tertiary/aromatic N) is 2. The van der Waals surface area contributed by atoms with Crippen LogP contribution in [-0.4, -0.2) is 0 Å². The Hall–Kier alpha value is -5.28. The van der Waals surface area contributed by atoms with Gasteiger partial charge in [0.2, 0.25) is 0 Å². The van der Waals surface area contributed by atoms with Crippen LogP contribution in [0.4, 0.5) is 34.1 Å². The average molecular weight is 517 g/mol. The molecular weight excluding hydrogens is 488 g/mol. The summed E-state index contributed by atoms with van der Waals surface area (Å²) in [7, 11) is 0. The molecule has 0 N–H and O–H groups in total. The van der Waals surface area contributed by atoms with Gasteiger partial charge in [-0.05, 0) is 79.2 Å². The number of fused-ring (bicyclic) bond motifs is 3. The van der Waals surface area contributed by atoms with Crippen molar-refractivity contribution in [1.29, 1.82) is 0 Å². The smallest absolute Gasteiger partial charge is 0.135 e. The fourth-order valence-corrected chi connectivity index (χ4v) is 5.53. The molecule has 0 spiro atoms. The fraction of sp³-hybridized carbons (Fsp3) is 0.0270. The van der Waals surface area contributed by atoms with Crippen LogP contribution in [0.5, 0.6) is 0 Å². The van der Waals surface area contributed by atoms with Crippen LogP contribution in [0.15, 0.2) is 156 Å². The SMILES string of the molecule is Cc1cccc(N(c2ccccc2)c2ccc3oc4ccccc4c3c2)c1N(c1ccccc1)c1ccccc1. The number of aryl methyl sites for hydroxylation is 1. The zero-order valence-corrected chi connectivity index (χ0v) is 22.2. The van der Waals surface area contributed by atoms with Crippen LogP contribution in [0.2, 0.25) is 0 Å². The summed E-state index contributed by atoms with van der Waals surface area (Å²) in [6.07, 6.45) is 0. The molecule has 0 atom stereocenters. The van der Waals surface area contributed by atoms with E-state index < -0.39 is 0 Å². The maximum Gasteiger partial charge on any atom is 0.135 e. The van der Waals surface area contributed by atoms with Gasteiger partial charge in [0.05, 0.1) is 11.4 Å². The van der Waals surface area contributed by atoms with Crippen molar-refractivity contribution in [2.24, 2.45) is 0 Å². The van der Waals surface area contributed by atoms with Gasteiger partial charge in [0, 0.05) is 33.5 Å². The molecule has 0 unspecified atom stereocenters.